The number of carbonyl (C=O) groups excluding carboxylic acids is 1. The van der Waals surface area contributed by atoms with Crippen molar-refractivity contribution in [3.8, 4) is 0 Å². The molecule has 1 atom stereocenters. The van der Waals surface area contributed by atoms with Gasteiger partial charge in [-0.05, 0) is 29.8 Å². The number of halogens is 1. The highest BCUT2D eigenvalue weighted by Crippen LogP contribution is 2.30. The van der Waals surface area contributed by atoms with E-state index in [1.54, 1.807) is 0 Å². The Hall–Kier alpha value is -2.68. The molecule has 3 rings (SSSR count). The third-order valence-corrected chi connectivity index (χ3v) is 5.35. The summed E-state index contributed by atoms with van der Waals surface area (Å²) in [7, 11) is -3.22. The van der Waals surface area contributed by atoms with Gasteiger partial charge in [0.15, 0.2) is 15.7 Å². The summed E-state index contributed by atoms with van der Waals surface area (Å²) < 4.78 is 37.8. The van der Waals surface area contributed by atoms with Crippen molar-refractivity contribution < 1.29 is 17.6 Å². The van der Waals surface area contributed by atoms with Crippen LogP contribution in [0.15, 0.2) is 42.6 Å². The number of nitrogens with one attached hydrogen (secondary N) is 1. The molecular weight excluding hydrogens is 335 g/mol. The number of nitrogens with two attached hydrogens (primary N) is 1. The van der Waals surface area contributed by atoms with Gasteiger partial charge in [0.05, 0.1) is 17.5 Å². The Morgan fingerprint density at radius 2 is 2.04 bits per heavy atom. The van der Waals surface area contributed by atoms with Gasteiger partial charge in [-0.25, -0.2) is 12.8 Å². The van der Waals surface area contributed by atoms with Crippen molar-refractivity contribution in [2.75, 3.05) is 16.8 Å². The van der Waals surface area contributed by atoms with E-state index < -0.39 is 27.6 Å². The van der Waals surface area contributed by atoms with Gasteiger partial charge in [-0.3, -0.25) is 9.48 Å². The first-order chi connectivity index (χ1) is 11.2. The Balaban J connectivity index is 1.95. The number of sulfone groups is 1. The third kappa shape index (κ3) is 3.16. The normalized spacial score (nSPS) is 19.4. The van der Waals surface area contributed by atoms with Crippen LogP contribution >= 0.6 is 0 Å². The number of aromatic nitrogens is 2. The molecular formula is C15H15FN4O3S. The Bertz CT molecular complexity index is 919. The van der Waals surface area contributed by atoms with Gasteiger partial charge in [-0.1, -0.05) is 6.58 Å². The zero-order valence-electron chi connectivity index (χ0n) is 12.6. The number of rotatable bonds is 4. The van der Waals surface area contributed by atoms with E-state index in [0.29, 0.717) is 11.3 Å². The van der Waals surface area contributed by atoms with Crippen LogP contribution in [0.3, 0.4) is 0 Å². The van der Waals surface area contributed by atoms with Crippen LogP contribution in [0.2, 0.25) is 0 Å². The smallest absolute Gasteiger partial charge is 0.254 e. The molecule has 1 aromatic carbocycles. The van der Waals surface area contributed by atoms with Crippen LogP contribution < -0.4 is 11.1 Å². The molecule has 9 heteroatoms. The summed E-state index contributed by atoms with van der Waals surface area (Å²) in [5.74, 6) is -1.16. The van der Waals surface area contributed by atoms with Crippen molar-refractivity contribution in [1.82, 2.24) is 9.78 Å². The van der Waals surface area contributed by atoms with E-state index in [2.05, 4.69) is 17.0 Å². The second-order valence-corrected chi connectivity index (χ2v) is 7.71. The topological polar surface area (TPSA) is 107 Å². The Morgan fingerprint density at radius 1 is 1.38 bits per heavy atom. The van der Waals surface area contributed by atoms with Gasteiger partial charge in [0.2, 0.25) is 0 Å². The van der Waals surface area contributed by atoms with Gasteiger partial charge in [0, 0.05) is 11.9 Å². The fourth-order valence-electron chi connectivity index (χ4n) is 2.55. The molecule has 0 unspecified atom stereocenters. The Labute approximate surface area is 137 Å². The summed E-state index contributed by atoms with van der Waals surface area (Å²) in [4.78, 5) is 11.6. The van der Waals surface area contributed by atoms with Crippen molar-refractivity contribution in [3.05, 3.63) is 54.0 Å². The quantitative estimate of drug-likeness (QED) is 0.810. The Morgan fingerprint density at radius 3 is 2.58 bits per heavy atom. The maximum atomic E-state index is 13.0. The lowest BCUT2D eigenvalue weighted by molar-refractivity contribution is 0.100. The van der Waals surface area contributed by atoms with Gasteiger partial charge < -0.3 is 11.1 Å². The minimum absolute atomic E-state index is 0.107. The number of carbonyl (C=O) groups is 1. The molecule has 0 bridgehead atoms. The first-order valence-corrected chi connectivity index (χ1v) is 8.87. The number of primary amides is 1. The van der Waals surface area contributed by atoms with Gasteiger partial charge in [0.25, 0.3) is 5.91 Å². The zero-order valence-corrected chi connectivity index (χ0v) is 13.4. The molecule has 0 radical (unpaired) electrons. The lowest BCUT2D eigenvalue weighted by Gasteiger charge is -2.09. The number of anilines is 2. The van der Waals surface area contributed by atoms with E-state index in [9.17, 15) is 17.6 Å². The van der Waals surface area contributed by atoms with E-state index in [0.717, 1.165) is 0 Å². The van der Waals surface area contributed by atoms with Crippen LogP contribution in [0.5, 0.6) is 0 Å². The monoisotopic (exact) mass is 350 g/mol. The average molecular weight is 350 g/mol. The summed E-state index contributed by atoms with van der Waals surface area (Å²) in [6.45, 7) is 3.77. The zero-order chi connectivity index (χ0) is 17.5. The number of benzene rings is 1. The molecule has 0 aliphatic carbocycles. The molecule has 2 heterocycles. The van der Waals surface area contributed by atoms with Crippen molar-refractivity contribution in [1.29, 1.82) is 0 Å². The maximum absolute atomic E-state index is 13.0. The molecule has 1 fully saturated rings. The number of amides is 1. The van der Waals surface area contributed by atoms with E-state index in [1.165, 1.54) is 35.1 Å². The lowest BCUT2D eigenvalue weighted by Crippen LogP contribution is -2.13. The average Bonchev–Trinajstić information content (AvgIpc) is 3.02. The summed E-state index contributed by atoms with van der Waals surface area (Å²) in [6.07, 6.45) is 1.39. The van der Waals surface area contributed by atoms with Crippen LogP contribution in [0.4, 0.5) is 15.9 Å². The predicted octanol–water partition coefficient (Wildman–Crippen LogP) is 1.39. The molecule has 1 aliphatic rings. The number of nitrogens with zero attached hydrogens (tertiary/aromatic N) is 2. The van der Waals surface area contributed by atoms with Crippen molar-refractivity contribution in [2.45, 2.75) is 6.04 Å². The highest BCUT2D eigenvalue weighted by molar-refractivity contribution is 7.91. The Kier molecular flexibility index (Phi) is 3.88. The predicted molar refractivity (Wildman–Crippen MR) is 87.3 cm³/mol. The molecule has 7 nitrogen and oxygen atoms in total. The van der Waals surface area contributed by atoms with Crippen molar-refractivity contribution in [3.63, 3.8) is 0 Å². The van der Waals surface area contributed by atoms with Gasteiger partial charge >= 0.3 is 0 Å². The highest BCUT2D eigenvalue weighted by Gasteiger charge is 2.34. The number of hydrogen-bond acceptors (Lipinski definition) is 5. The molecule has 2 aromatic rings. The van der Waals surface area contributed by atoms with Crippen molar-refractivity contribution >= 4 is 27.2 Å². The van der Waals surface area contributed by atoms with E-state index in [1.807, 2.05) is 0 Å². The van der Waals surface area contributed by atoms with Gasteiger partial charge in [-0.2, -0.15) is 5.10 Å². The highest BCUT2D eigenvalue weighted by atomic mass is 32.2. The van der Waals surface area contributed by atoms with Crippen LogP contribution in [-0.4, -0.2) is 35.6 Å². The SMILES string of the molecule is C=C1CS(=O)(=O)C[C@H]1n1cc(C(N)=O)c(Nc2ccc(F)cc2)n1. The summed E-state index contributed by atoms with van der Waals surface area (Å²) >= 11 is 0. The maximum Gasteiger partial charge on any atom is 0.254 e. The van der Waals surface area contributed by atoms with Crippen LogP contribution in [-0.2, 0) is 9.84 Å². The molecule has 24 heavy (non-hydrogen) atoms. The molecule has 0 spiro atoms. The van der Waals surface area contributed by atoms with Gasteiger partial charge in [-0.15, -0.1) is 0 Å². The van der Waals surface area contributed by atoms with Crippen LogP contribution in [0.1, 0.15) is 16.4 Å². The first-order valence-electron chi connectivity index (χ1n) is 7.05. The molecule has 0 saturated carbocycles. The van der Waals surface area contributed by atoms with E-state index in [4.69, 9.17) is 5.73 Å². The fraction of sp³-hybridized carbons (Fsp3) is 0.200. The third-order valence-electron chi connectivity index (χ3n) is 3.71. The molecule has 1 aromatic heterocycles. The fourth-order valence-corrected chi connectivity index (χ4v) is 4.30. The second-order valence-electron chi connectivity index (χ2n) is 5.60. The van der Waals surface area contributed by atoms with E-state index in [-0.39, 0.29) is 22.9 Å². The second kappa shape index (κ2) is 5.75. The molecule has 126 valence electrons. The molecule has 3 N–H and O–H groups in total. The largest absolute Gasteiger partial charge is 0.365 e. The first kappa shape index (κ1) is 16.2. The summed E-state index contributed by atoms with van der Waals surface area (Å²) in [5.41, 5.74) is 6.48. The summed E-state index contributed by atoms with van der Waals surface area (Å²) in [5, 5.41) is 7.11. The molecule has 1 amide bonds. The van der Waals surface area contributed by atoms with Crippen LogP contribution in [0.25, 0.3) is 0 Å². The van der Waals surface area contributed by atoms with E-state index >= 15 is 0 Å². The summed E-state index contributed by atoms with van der Waals surface area (Å²) in [6, 6.07) is 4.94. The standard InChI is InChI=1S/C15H15FN4O3S/c1-9-7-24(22,23)8-13(9)20-6-12(14(17)21)15(19-20)18-11-4-2-10(16)3-5-11/h2-6,13H,1,7-8H2,(H2,17,21)(H,18,19)/t13-/m1/s1. The number of hydrogen-bond donors (Lipinski definition) is 2. The lowest BCUT2D eigenvalue weighted by atomic mass is 10.2. The minimum atomic E-state index is -3.22. The van der Waals surface area contributed by atoms with Gasteiger partial charge in [0.1, 0.15) is 11.4 Å². The molecule has 1 saturated heterocycles. The van der Waals surface area contributed by atoms with Crippen molar-refractivity contribution in [2.24, 2.45) is 5.73 Å². The minimum Gasteiger partial charge on any atom is -0.365 e. The van der Waals surface area contributed by atoms with Crippen LogP contribution in [0, 0.1) is 5.82 Å². The molecule has 1 aliphatic heterocycles.